The summed E-state index contributed by atoms with van der Waals surface area (Å²) in [6, 6.07) is 2.69. The number of ether oxygens (including phenoxy) is 1. The number of hydrogen-bond acceptors (Lipinski definition) is 3. The van der Waals surface area contributed by atoms with E-state index in [0.717, 1.165) is 0 Å². The fourth-order valence-electron chi connectivity index (χ4n) is 1.21. The Morgan fingerprint density at radius 2 is 2.25 bits per heavy atom. The highest BCUT2D eigenvalue weighted by atomic mass is 79.9. The summed E-state index contributed by atoms with van der Waals surface area (Å²) in [6.07, 6.45) is 3.19. The molecule has 0 saturated heterocycles. The van der Waals surface area contributed by atoms with Crippen LogP contribution < -0.4 is 10.5 Å². The summed E-state index contributed by atoms with van der Waals surface area (Å²) < 4.78 is 20.6. The average Bonchev–Trinajstić information content (AvgIpc) is 2.60. The fourth-order valence-corrected chi connectivity index (χ4v) is 1.57. The molecule has 2 aromatic rings. The van der Waals surface area contributed by atoms with Crippen molar-refractivity contribution in [1.82, 2.24) is 9.78 Å². The van der Waals surface area contributed by atoms with Crippen LogP contribution in [0.5, 0.6) is 11.5 Å². The molecule has 0 radical (unpaired) electrons. The van der Waals surface area contributed by atoms with Gasteiger partial charge < -0.3 is 10.5 Å². The van der Waals surface area contributed by atoms with Crippen LogP contribution in [-0.2, 0) is 7.05 Å². The summed E-state index contributed by atoms with van der Waals surface area (Å²) in [5, 5.41) is 3.93. The van der Waals surface area contributed by atoms with Crippen molar-refractivity contribution < 1.29 is 9.13 Å². The molecule has 4 nitrogen and oxygen atoms in total. The Hall–Kier alpha value is -1.56. The van der Waals surface area contributed by atoms with Crippen LogP contribution in [-0.4, -0.2) is 9.78 Å². The summed E-state index contributed by atoms with van der Waals surface area (Å²) in [4.78, 5) is 0. The van der Waals surface area contributed by atoms with Crippen LogP contribution in [0.2, 0.25) is 0 Å². The molecule has 0 aliphatic carbocycles. The maximum Gasteiger partial charge on any atom is 0.165 e. The van der Waals surface area contributed by atoms with Crippen molar-refractivity contribution in [2.75, 3.05) is 5.73 Å². The first-order chi connectivity index (χ1) is 7.56. The zero-order valence-corrected chi connectivity index (χ0v) is 10.0. The van der Waals surface area contributed by atoms with Crippen LogP contribution in [0.3, 0.4) is 0 Å². The molecule has 0 amide bonds. The van der Waals surface area contributed by atoms with Crippen molar-refractivity contribution in [3.63, 3.8) is 0 Å². The summed E-state index contributed by atoms with van der Waals surface area (Å²) in [6.45, 7) is 0. The fraction of sp³-hybridized carbons (Fsp3) is 0.100. The molecule has 84 valence electrons. The van der Waals surface area contributed by atoms with Crippen LogP contribution in [0.15, 0.2) is 29.0 Å². The first-order valence-corrected chi connectivity index (χ1v) is 5.26. The minimum atomic E-state index is -0.423. The van der Waals surface area contributed by atoms with E-state index in [1.165, 1.54) is 18.3 Å². The molecule has 0 aliphatic rings. The quantitative estimate of drug-likeness (QED) is 0.863. The van der Waals surface area contributed by atoms with Crippen molar-refractivity contribution in [2.45, 2.75) is 0 Å². The van der Waals surface area contributed by atoms with Crippen LogP contribution in [0.1, 0.15) is 0 Å². The van der Waals surface area contributed by atoms with Gasteiger partial charge in [0.15, 0.2) is 11.5 Å². The molecule has 2 N–H and O–H groups in total. The lowest BCUT2D eigenvalue weighted by Crippen LogP contribution is -1.93. The number of nitrogens with zero attached hydrogens (tertiary/aromatic N) is 2. The molecule has 2 rings (SSSR count). The molecule has 0 aliphatic heterocycles. The maximum absolute atomic E-state index is 13.3. The van der Waals surface area contributed by atoms with E-state index in [9.17, 15) is 4.39 Å². The van der Waals surface area contributed by atoms with Crippen LogP contribution in [0.25, 0.3) is 0 Å². The van der Waals surface area contributed by atoms with Gasteiger partial charge in [-0.25, -0.2) is 4.39 Å². The molecule has 0 unspecified atom stereocenters. The Bertz CT molecular complexity index is 527. The van der Waals surface area contributed by atoms with Crippen molar-refractivity contribution in [3.05, 3.63) is 34.8 Å². The number of halogens is 2. The van der Waals surface area contributed by atoms with E-state index in [1.807, 2.05) is 0 Å². The molecule has 0 fully saturated rings. The molecule has 0 atom stereocenters. The summed E-state index contributed by atoms with van der Waals surface area (Å²) in [7, 11) is 1.76. The predicted molar refractivity (Wildman–Crippen MR) is 61.8 cm³/mol. The minimum absolute atomic E-state index is 0.272. The second kappa shape index (κ2) is 4.13. The Balaban J connectivity index is 2.31. The van der Waals surface area contributed by atoms with Crippen molar-refractivity contribution >= 4 is 21.6 Å². The highest BCUT2D eigenvalue weighted by Crippen LogP contribution is 2.31. The number of aryl methyl sites for hydroxylation is 1. The number of aromatic nitrogens is 2. The number of benzene rings is 1. The van der Waals surface area contributed by atoms with Crippen LogP contribution in [0, 0.1) is 5.82 Å². The lowest BCUT2D eigenvalue weighted by Gasteiger charge is -2.07. The average molecular weight is 286 g/mol. The second-order valence-corrected chi connectivity index (χ2v) is 4.11. The Morgan fingerprint density at radius 1 is 1.50 bits per heavy atom. The third-order valence-electron chi connectivity index (χ3n) is 1.96. The molecule has 0 saturated carbocycles. The van der Waals surface area contributed by atoms with E-state index >= 15 is 0 Å². The molecule has 1 aromatic carbocycles. The van der Waals surface area contributed by atoms with Gasteiger partial charge in [0.25, 0.3) is 0 Å². The van der Waals surface area contributed by atoms with Gasteiger partial charge >= 0.3 is 0 Å². The van der Waals surface area contributed by atoms with E-state index in [-0.39, 0.29) is 5.75 Å². The molecule has 0 bridgehead atoms. The third kappa shape index (κ3) is 2.16. The monoisotopic (exact) mass is 285 g/mol. The number of nitrogen functional groups attached to an aromatic ring is 1. The van der Waals surface area contributed by atoms with Crippen molar-refractivity contribution in [3.8, 4) is 11.5 Å². The first-order valence-electron chi connectivity index (χ1n) is 4.47. The topological polar surface area (TPSA) is 53.1 Å². The zero-order chi connectivity index (χ0) is 11.7. The van der Waals surface area contributed by atoms with Gasteiger partial charge in [-0.2, -0.15) is 5.10 Å². The normalized spacial score (nSPS) is 10.4. The predicted octanol–water partition coefficient (Wildman–Crippen LogP) is 2.70. The molecular formula is C10H9BrFN3O. The molecule has 1 aromatic heterocycles. The minimum Gasteiger partial charge on any atom is -0.452 e. The molecule has 6 heteroatoms. The van der Waals surface area contributed by atoms with E-state index in [2.05, 4.69) is 21.0 Å². The number of anilines is 1. The summed E-state index contributed by atoms with van der Waals surface area (Å²) in [5.74, 6) is 0.359. The smallest absolute Gasteiger partial charge is 0.165 e. The SMILES string of the molecule is Cn1cc(Oc2cc(F)c(Br)cc2N)cn1. The lowest BCUT2D eigenvalue weighted by atomic mass is 10.3. The highest BCUT2D eigenvalue weighted by Gasteiger charge is 2.08. The van der Waals surface area contributed by atoms with Crippen LogP contribution >= 0.6 is 15.9 Å². The summed E-state index contributed by atoms with van der Waals surface area (Å²) in [5.41, 5.74) is 6.05. The summed E-state index contributed by atoms with van der Waals surface area (Å²) >= 11 is 3.04. The number of rotatable bonds is 2. The Labute approximate surface area is 99.9 Å². The van der Waals surface area contributed by atoms with E-state index in [0.29, 0.717) is 15.9 Å². The molecular weight excluding hydrogens is 277 g/mol. The van der Waals surface area contributed by atoms with Gasteiger partial charge in [0.1, 0.15) is 5.82 Å². The first kappa shape index (κ1) is 10.9. The van der Waals surface area contributed by atoms with Gasteiger partial charge in [0, 0.05) is 13.1 Å². The lowest BCUT2D eigenvalue weighted by molar-refractivity contribution is 0.478. The van der Waals surface area contributed by atoms with Gasteiger partial charge in [0.2, 0.25) is 0 Å². The van der Waals surface area contributed by atoms with E-state index < -0.39 is 5.82 Å². The maximum atomic E-state index is 13.3. The highest BCUT2D eigenvalue weighted by molar-refractivity contribution is 9.10. The van der Waals surface area contributed by atoms with E-state index in [1.54, 1.807) is 17.9 Å². The Kier molecular flexibility index (Phi) is 2.82. The van der Waals surface area contributed by atoms with Gasteiger partial charge in [0.05, 0.1) is 22.6 Å². The van der Waals surface area contributed by atoms with Crippen molar-refractivity contribution in [1.29, 1.82) is 0 Å². The van der Waals surface area contributed by atoms with E-state index in [4.69, 9.17) is 10.5 Å². The van der Waals surface area contributed by atoms with Gasteiger partial charge in [-0.15, -0.1) is 0 Å². The number of nitrogens with two attached hydrogens (primary N) is 1. The molecule has 16 heavy (non-hydrogen) atoms. The zero-order valence-electron chi connectivity index (χ0n) is 8.45. The third-order valence-corrected chi connectivity index (χ3v) is 2.57. The Morgan fingerprint density at radius 3 is 2.88 bits per heavy atom. The second-order valence-electron chi connectivity index (χ2n) is 3.26. The molecule has 1 heterocycles. The van der Waals surface area contributed by atoms with Crippen molar-refractivity contribution in [2.24, 2.45) is 7.05 Å². The largest absolute Gasteiger partial charge is 0.452 e. The van der Waals surface area contributed by atoms with Gasteiger partial charge in [-0.1, -0.05) is 0 Å². The molecule has 0 spiro atoms. The standard InChI is InChI=1S/C10H9BrFN3O/c1-15-5-6(4-14-15)16-10-3-8(12)7(11)2-9(10)13/h2-5H,13H2,1H3. The van der Waals surface area contributed by atoms with Gasteiger partial charge in [-0.3, -0.25) is 4.68 Å². The number of hydrogen-bond donors (Lipinski definition) is 1. The van der Waals surface area contributed by atoms with Gasteiger partial charge in [-0.05, 0) is 22.0 Å². The van der Waals surface area contributed by atoms with Crippen LogP contribution in [0.4, 0.5) is 10.1 Å².